The Kier molecular flexibility index (Phi) is 4.20. The maximum atomic E-state index is 12.0. The molecule has 1 aromatic carbocycles. The van der Waals surface area contributed by atoms with Crippen LogP contribution in [0.3, 0.4) is 0 Å². The zero-order valence-corrected chi connectivity index (χ0v) is 15.5. The summed E-state index contributed by atoms with van der Waals surface area (Å²) in [7, 11) is 0. The molecule has 132 valence electrons. The second-order valence-corrected chi connectivity index (χ2v) is 7.50. The fourth-order valence-electron chi connectivity index (χ4n) is 3.29. The van der Waals surface area contributed by atoms with Crippen molar-refractivity contribution in [2.24, 2.45) is 0 Å². The molecule has 1 amide bonds. The molecule has 0 bridgehead atoms. The van der Waals surface area contributed by atoms with Gasteiger partial charge in [-0.2, -0.15) is 0 Å². The minimum absolute atomic E-state index is 0.0106. The molecule has 0 radical (unpaired) electrons. The van der Waals surface area contributed by atoms with Gasteiger partial charge in [-0.05, 0) is 42.7 Å². The fraction of sp³-hybridized carbons (Fsp3) is 0.250. The monoisotopic (exact) mass is 365 g/mol. The van der Waals surface area contributed by atoms with Crippen LogP contribution in [0.5, 0.6) is 0 Å². The lowest BCUT2D eigenvalue weighted by molar-refractivity contribution is -0.116. The number of aromatic nitrogens is 2. The van der Waals surface area contributed by atoms with Crippen LogP contribution < -0.4 is 10.5 Å². The van der Waals surface area contributed by atoms with Crippen molar-refractivity contribution in [3.63, 3.8) is 0 Å². The Morgan fingerprint density at radius 1 is 1.27 bits per heavy atom. The lowest BCUT2D eigenvalue weighted by atomic mass is 10.1. The van der Waals surface area contributed by atoms with Gasteiger partial charge in [0.15, 0.2) is 0 Å². The van der Waals surface area contributed by atoms with Crippen LogP contribution in [0.2, 0.25) is 0 Å². The predicted molar refractivity (Wildman–Crippen MR) is 104 cm³/mol. The number of fused-ring (bicyclic) bond motifs is 1. The predicted octanol–water partition coefficient (Wildman–Crippen LogP) is 3.24. The topological polar surface area (TPSA) is 55.2 Å². The van der Waals surface area contributed by atoms with Gasteiger partial charge in [-0.15, -0.1) is 11.3 Å². The largest absolute Gasteiger partial charge is 0.312 e. The number of carbonyl (C=O) groups is 1. The van der Waals surface area contributed by atoms with Crippen molar-refractivity contribution in [2.45, 2.75) is 26.8 Å². The third kappa shape index (κ3) is 3.08. The van der Waals surface area contributed by atoms with E-state index in [0.717, 1.165) is 40.5 Å². The molecule has 5 nitrogen and oxygen atoms in total. The molecule has 2 aromatic heterocycles. The normalized spacial score (nSPS) is 13.1. The number of anilines is 1. The highest BCUT2D eigenvalue weighted by Crippen LogP contribution is 2.32. The lowest BCUT2D eigenvalue weighted by Crippen LogP contribution is -2.25. The molecule has 0 saturated heterocycles. The van der Waals surface area contributed by atoms with Crippen LogP contribution in [0.4, 0.5) is 5.69 Å². The van der Waals surface area contributed by atoms with Crippen molar-refractivity contribution in [1.29, 1.82) is 0 Å². The fourth-order valence-corrected chi connectivity index (χ4v) is 4.09. The van der Waals surface area contributed by atoms with Crippen LogP contribution in [-0.2, 0) is 17.8 Å². The molecule has 4 rings (SSSR count). The first-order valence-corrected chi connectivity index (χ1v) is 9.42. The number of hydrogen-bond acceptors (Lipinski definition) is 4. The highest BCUT2D eigenvalue weighted by atomic mass is 32.1. The van der Waals surface area contributed by atoms with Crippen molar-refractivity contribution >= 4 is 22.9 Å². The van der Waals surface area contributed by atoms with Gasteiger partial charge < -0.3 is 9.47 Å². The Hall–Kier alpha value is -2.73. The molecule has 0 unspecified atom stereocenters. The molecule has 0 aliphatic carbocycles. The number of benzene rings is 1. The van der Waals surface area contributed by atoms with Crippen LogP contribution >= 0.6 is 11.3 Å². The summed E-state index contributed by atoms with van der Waals surface area (Å²) in [6.07, 6.45) is 2.68. The maximum Gasteiger partial charge on any atom is 0.251 e. The van der Waals surface area contributed by atoms with E-state index in [2.05, 4.69) is 6.07 Å². The number of rotatable bonds is 3. The van der Waals surface area contributed by atoms with E-state index >= 15 is 0 Å². The minimum atomic E-state index is -0.0106. The van der Waals surface area contributed by atoms with E-state index in [4.69, 9.17) is 4.98 Å². The van der Waals surface area contributed by atoms with Gasteiger partial charge in [-0.1, -0.05) is 6.07 Å². The van der Waals surface area contributed by atoms with Crippen molar-refractivity contribution in [3.8, 4) is 11.3 Å². The number of amides is 1. The second kappa shape index (κ2) is 6.53. The average molecular weight is 365 g/mol. The van der Waals surface area contributed by atoms with Crippen LogP contribution in [0, 0.1) is 6.92 Å². The van der Waals surface area contributed by atoms with E-state index in [0.29, 0.717) is 6.54 Å². The Bertz CT molecular complexity index is 1050. The molecule has 0 N–H and O–H groups in total. The van der Waals surface area contributed by atoms with Gasteiger partial charge in [0.25, 0.3) is 5.56 Å². The molecule has 26 heavy (non-hydrogen) atoms. The minimum Gasteiger partial charge on any atom is -0.312 e. The number of hydrogen-bond donors (Lipinski definition) is 0. The van der Waals surface area contributed by atoms with E-state index < -0.39 is 0 Å². The first-order chi connectivity index (χ1) is 12.5. The number of carbonyl (C=O) groups excluding carboxylic acids is 1. The van der Waals surface area contributed by atoms with Crippen molar-refractivity contribution < 1.29 is 4.79 Å². The van der Waals surface area contributed by atoms with Crippen LogP contribution in [0.1, 0.15) is 23.1 Å². The standard InChI is InChI=1S/C20H19N3O2S/c1-13-5-7-22(20(25)9-13)11-19-21-17(12-26-19)15-3-4-18-16(10-15)6-8-23(18)14(2)24/h3-5,7,9-10,12H,6,8,11H2,1-2H3. The van der Waals surface area contributed by atoms with E-state index in [1.807, 2.05) is 41.6 Å². The average Bonchev–Trinajstić information content (AvgIpc) is 3.23. The van der Waals surface area contributed by atoms with Gasteiger partial charge in [0.2, 0.25) is 5.91 Å². The van der Waals surface area contributed by atoms with Crippen molar-refractivity contribution in [1.82, 2.24) is 9.55 Å². The Balaban J connectivity index is 1.59. The summed E-state index contributed by atoms with van der Waals surface area (Å²) in [5, 5.41) is 2.92. The van der Waals surface area contributed by atoms with E-state index in [9.17, 15) is 9.59 Å². The molecule has 0 spiro atoms. The quantitative estimate of drug-likeness (QED) is 0.716. The first-order valence-electron chi connectivity index (χ1n) is 8.54. The SMILES string of the molecule is CC(=O)N1CCc2cc(-c3csc(Cn4ccc(C)cc4=O)n3)ccc21. The third-order valence-corrected chi connectivity index (χ3v) is 5.49. The van der Waals surface area contributed by atoms with Crippen LogP contribution in [0.25, 0.3) is 11.3 Å². The number of thiazole rings is 1. The molecule has 3 aromatic rings. The summed E-state index contributed by atoms with van der Waals surface area (Å²) in [6, 6.07) is 9.70. The summed E-state index contributed by atoms with van der Waals surface area (Å²) in [5.74, 6) is 0.0796. The Morgan fingerprint density at radius 2 is 2.12 bits per heavy atom. The van der Waals surface area contributed by atoms with Gasteiger partial charge in [0.05, 0.1) is 12.2 Å². The highest BCUT2D eigenvalue weighted by molar-refractivity contribution is 7.09. The molecule has 0 saturated carbocycles. The molecular formula is C20H19N3O2S. The smallest absolute Gasteiger partial charge is 0.251 e. The summed E-state index contributed by atoms with van der Waals surface area (Å²) < 4.78 is 1.67. The number of nitrogens with zero attached hydrogens (tertiary/aromatic N) is 3. The zero-order valence-electron chi connectivity index (χ0n) is 14.7. The third-order valence-electron chi connectivity index (χ3n) is 4.66. The lowest BCUT2D eigenvalue weighted by Gasteiger charge is -2.14. The summed E-state index contributed by atoms with van der Waals surface area (Å²) in [6.45, 7) is 4.73. The van der Waals surface area contributed by atoms with Gasteiger partial charge in [-0.25, -0.2) is 4.98 Å². The first kappa shape index (κ1) is 16.7. The molecule has 0 atom stereocenters. The summed E-state index contributed by atoms with van der Waals surface area (Å²) >= 11 is 1.56. The second-order valence-electron chi connectivity index (χ2n) is 6.56. The maximum absolute atomic E-state index is 12.0. The molecule has 1 aliphatic heterocycles. The van der Waals surface area contributed by atoms with E-state index in [1.54, 1.807) is 28.9 Å². The van der Waals surface area contributed by atoms with Crippen LogP contribution in [0.15, 0.2) is 46.7 Å². The molecule has 1 aliphatic rings. The molecular weight excluding hydrogens is 346 g/mol. The van der Waals surface area contributed by atoms with E-state index in [-0.39, 0.29) is 11.5 Å². The van der Waals surface area contributed by atoms with Crippen molar-refractivity contribution in [2.75, 3.05) is 11.4 Å². The van der Waals surface area contributed by atoms with Gasteiger partial charge in [0.1, 0.15) is 5.01 Å². The van der Waals surface area contributed by atoms with E-state index in [1.165, 1.54) is 5.56 Å². The Morgan fingerprint density at radius 3 is 2.88 bits per heavy atom. The van der Waals surface area contributed by atoms with Gasteiger partial charge in [-0.3, -0.25) is 9.59 Å². The number of aryl methyl sites for hydroxylation is 1. The molecule has 6 heteroatoms. The Labute approximate surface area is 155 Å². The van der Waals surface area contributed by atoms with Crippen LogP contribution in [-0.4, -0.2) is 22.0 Å². The van der Waals surface area contributed by atoms with Crippen molar-refractivity contribution in [3.05, 3.63) is 68.4 Å². The number of pyridine rings is 1. The molecule has 0 fully saturated rings. The summed E-state index contributed by atoms with van der Waals surface area (Å²) in [5.41, 5.74) is 5.10. The van der Waals surface area contributed by atoms with Gasteiger partial charge in [0, 0.05) is 42.4 Å². The zero-order chi connectivity index (χ0) is 18.3. The van der Waals surface area contributed by atoms with Gasteiger partial charge >= 0.3 is 0 Å². The summed E-state index contributed by atoms with van der Waals surface area (Å²) in [4.78, 5) is 30.2. The highest BCUT2D eigenvalue weighted by Gasteiger charge is 2.22. The molecule has 3 heterocycles.